The highest BCUT2D eigenvalue weighted by Crippen LogP contribution is 2.38. The van der Waals surface area contributed by atoms with Crippen molar-refractivity contribution in [1.29, 1.82) is 0 Å². The Balaban J connectivity index is 0.000000337. The molecule has 0 amide bonds. The van der Waals surface area contributed by atoms with Crippen molar-refractivity contribution in [3.05, 3.63) is 176 Å². The van der Waals surface area contributed by atoms with Gasteiger partial charge >= 0.3 is 23.9 Å². The zero-order valence-electron chi connectivity index (χ0n) is 54.5. The van der Waals surface area contributed by atoms with E-state index in [1.807, 2.05) is 18.2 Å². The molecule has 0 aromatic heterocycles. The number of benzene rings is 4. The Morgan fingerprint density at radius 3 is 1.40 bits per heavy atom. The molecule has 0 radical (unpaired) electrons. The van der Waals surface area contributed by atoms with E-state index < -0.39 is 80.1 Å². The number of ether oxygens (including phenoxy) is 13. The second-order valence-corrected chi connectivity index (χ2v) is 29.1. The lowest BCUT2D eigenvalue weighted by Crippen LogP contribution is -2.37. The summed E-state index contributed by atoms with van der Waals surface area (Å²) in [6.07, 6.45) is 11.4. The third kappa shape index (κ3) is 24.0. The van der Waals surface area contributed by atoms with Crippen molar-refractivity contribution in [1.82, 2.24) is 0 Å². The van der Waals surface area contributed by atoms with Gasteiger partial charge in [0.05, 0.1) is 44.2 Å². The maximum atomic E-state index is 13.5. The average Bonchev–Trinajstić information content (AvgIpc) is 2.09. The maximum Gasteiger partial charge on any atom is 0.342 e. The molecule has 8 atom stereocenters. The number of carbonyl (C=O) groups excluding carboxylic acids is 3. The van der Waals surface area contributed by atoms with Crippen LogP contribution in [-0.2, 0) is 42.6 Å². The Labute approximate surface area is 538 Å². The van der Waals surface area contributed by atoms with Gasteiger partial charge in [0, 0.05) is 56.3 Å². The molecule has 92 heavy (non-hydrogen) atoms. The quantitative estimate of drug-likeness (QED) is 0.00677. The Kier molecular flexibility index (Phi) is 29.5. The van der Waals surface area contributed by atoms with Gasteiger partial charge in [-0.05, 0) is 130 Å². The summed E-state index contributed by atoms with van der Waals surface area (Å²) < 4.78 is 74.8. The van der Waals surface area contributed by atoms with E-state index in [1.165, 1.54) is 34.5 Å². The monoisotopic (exact) mass is 1290 g/mol. The van der Waals surface area contributed by atoms with E-state index in [0.717, 1.165) is 6.04 Å². The predicted molar refractivity (Wildman–Crippen MR) is 347 cm³/mol. The van der Waals surface area contributed by atoms with Crippen molar-refractivity contribution in [3.8, 4) is 23.0 Å². The molecule has 4 aromatic carbocycles. The Morgan fingerprint density at radius 1 is 0.609 bits per heavy atom. The number of methoxy groups -OCH3 is 4. The number of rotatable bonds is 33. The molecule has 0 bridgehead atoms. The lowest BCUT2D eigenvalue weighted by Gasteiger charge is -2.24. The largest absolute Gasteiger partial charge is 0.497 e. The van der Waals surface area contributed by atoms with Gasteiger partial charge in [-0.25, -0.2) is 19.2 Å². The predicted octanol–water partition coefficient (Wildman–Crippen LogP) is 14.1. The number of hydrogen-bond donors (Lipinski definition) is 1. The van der Waals surface area contributed by atoms with Gasteiger partial charge in [0.2, 0.25) is 0 Å². The molecular formula is C67H86N6O18Si. The molecule has 0 aliphatic carbocycles. The molecular weight excluding hydrogens is 1200 g/mol. The number of nitrogens with zero attached hydrogens (tertiary/aromatic N) is 6. The first-order valence-corrected chi connectivity index (χ1v) is 33.6. The third-order valence-corrected chi connectivity index (χ3v) is 15.6. The highest BCUT2D eigenvalue weighted by Gasteiger charge is 2.47. The minimum atomic E-state index is -1.44. The molecule has 2 aliphatic heterocycles. The topological polar surface area (TPSA) is 306 Å². The molecule has 0 saturated carbocycles. The molecule has 25 heteroatoms. The highest BCUT2D eigenvalue weighted by molar-refractivity contribution is 6.76. The van der Waals surface area contributed by atoms with Crippen LogP contribution in [0.3, 0.4) is 0 Å². The van der Waals surface area contributed by atoms with Crippen LogP contribution in [0.25, 0.3) is 33.0 Å². The average molecular weight is 1290 g/mol. The molecule has 1 N–H and O–H groups in total. The van der Waals surface area contributed by atoms with Crippen LogP contribution in [-0.4, -0.2) is 146 Å². The summed E-state index contributed by atoms with van der Waals surface area (Å²) in [7, 11) is 4.49. The van der Waals surface area contributed by atoms with Gasteiger partial charge in [-0.1, -0.05) is 117 Å². The molecule has 2 heterocycles. The summed E-state index contributed by atoms with van der Waals surface area (Å²) in [4.78, 5) is 57.5. The smallest absolute Gasteiger partial charge is 0.342 e. The number of carboxylic acid groups (broad SMARTS) is 1. The molecule has 2 aliphatic rings. The number of azide groups is 2. The first kappa shape index (κ1) is 74.2. The van der Waals surface area contributed by atoms with Crippen molar-refractivity contribution in [2.75, 3.05) is 48.6 Å². The summed E-state index contributed by atoms with van der Waals surface area (Å²) in [5.74, 6) is -3.46. The Hall–Kier alpha value is -8.48. The van der Waals surface area contributed by atoms with Crippen LogP contribution in [0.4, 0.5) is 0 Å². The normalized spacial score (nSPS) is 18.8. The molecule has 496 valence electrons. The summed E-state index contributed by atoms with van der Waals surface area (Å²) in [6.45, 7) is 17.4. The zero-order chi connectivity index (χ0) is 67.4. The molecule has 2 unspecified atom stereocenters. The second-order valence-electron chi connectivity index (χ2n) is 23.5. The van der Waals surface area contributed by atoms with E-state index in [0.29, 0.717) is 66.0 Å². The Morgan fingerprint density at radius 2 is 1.02 bits per heavy atom. The van der Waals surface area contributed by atoms with Crippen molar-refractivity contribution in [2.24, 2.45) is 10.2 Å². The summed E-state index contributed by atoms with van der Waals surface area (Å²) in [5.41, 5.74) is 19.4. The molecule has 6 rings (SSSR count). The number of carbonyl (C=O) groups is 4. The maximum absolute atomic E-state index is 13.5. The van der Waals surface area contributed by atoms with Crippen LogP contribution in [0.2, 0.25) is 25.7 Å². The minimum Gasteiger partial charge on any atom is -0.497 e. The summed E-state index contributed by atoms with van der Waals surface area (Å²) in [5, 5.41) is 17.3. The van der Waals surface area contributed by atoms with Crippen molar-refractivity contribution < 1.29 is 85.9 Å². The Bertz CT molecular complexity index is 3290. The minimum absolute atomic E-state index is 0.0543. The summed E-state index contributed by atoms with van der Waals surface area (Å²) >= 11 is 0. The third-order valence-electron chi connectivity index (χ3n) is 13.9. The molecule has 2 fully saturated rings. The molecule has 24 nitrogen and oxygen atoms in total. The van der Waals surface area contributed by atoms with Crippen LogP contribution >= 0.6 is 0 Å². The standard InChI is InChI=1S/C36H49N3O9Si.C31H37N3O9/c1-25(38-39-37)14-12-18-29(46-34(40)26-15-10-9-11-16-26)33-30(47-36(2,3)48-33)19-13-17-27-22-28(43-5)23-31(45-24-42-4)32(27)35(41)44-20-21-49(6,7)8;1-20(33-34-32)11-9-15-24(41-30(37)21-12-7-6-8-13-21)28-25(42-31(2,3)43-28)16-10-14-22-17-23(39-5)18-26(40-19-38-4)27(22)29(35)36/h9-13,15-18,22-23,25,29-30,33H,14,19-21,24H2,1-8H3;6-10,12-15,17-18,20,24-25,28H,11,16,19H2,1-5H3,(H,35,36)/b17-13+,18-12-;14-10+,15-9-/t25-,29?,30-,33+;20-,24?,25-,28+/m00/s1. The second kappa shape index (κ2) is 36.5. The zero-order valence-corrected chi connectivity index (χ0v) is 55.5. The van der Waals surface area contributed by atoms with Crippen molar-refractivity contribution in [2.45, 2.75) is 153 Å². The number of hydrogen-bond acceptors (Lipinski definition) is 19. The highest BCUT2D eigenvalue weighted by atomic mass is 28.3. The number of aromatic carboxylic acids is 1. The van der Waals surface area contributed by atoms with E-state index in [-0.39, 0.29) is 48.3 Å². The van der Waals surface area contributed by atoms with Gasteiger partial charge in [-0.15, -0.1) is 0 Å². The lowest BCUT2D eigenvalue weighted by atomic mass is 10.0. The first-order chi connectivity index (χ1) is 43.8. The van der Waals surface area contributed by atoms with Crippen LogP contribution < -0.4 is 18.9 Å². The van der Waals surface area contributed by atoms with Gasteiger partial charge < -0.3 is 66.7 Å². The fourth-order valence-electron chi connectivity index (χ4n) is 9.52. The van der Waals surface area contributed by atoms with Crippen LogP contribution in [0, 0.1) is 0 Å². The fourth-order valence-corrected chi connectivity index (χ4v) is 10.2. The molecule has 4 aromatic rings. The molecule has 0 spiro atoms. The molecule has 2 saturated heterocycles. The SMILES string of the molecule is COCOc1cc(OC)cc(/C=C/C[C@@H]2OC(C)(C)O[C@@H]2C(/C=C\C[C@H](C)N=[N+]=[N-])OC(=O)c2ccccc2)c1C(=O)O.COCOc1cc(OC)cc(/C=C/C[C@@H]2OC(C)(C)O[C@@H]2C(/C=C\C[C@H](C)N=[N+]=[N-])OC(=O)c2ccccc2)c1C(=O)OCC[Si](C)(C)C. The summed E-state index contributed by atoms with van der Waals surface area (Å²) in [6, 6.07) is 23.9. The number of esters is 3. The van der Waals surface area contributed by atoms with Gasteiger partial charge in [0.15, 0.2) is 25.2 Å². The van der Waals surface area contributed by atoms with E-state index in [1.54, 1.807) is 151 Å². The van der Waals surface area contributed by atoms with Crippen molar-refractivity contribution >= 4 is 44.1 Å². The van der Waals surface area contributed by atoms with Crippen molar-refractivity contribution in [3.63, 3.8) is 0 Å². The van der Waals surface area contributed by atoms with E-state index >= 15 is 0 Å². The van der Waals surface area contributed by atoms with E-state index in [9.17, 15) is 24.3 Å². The van der Waals surface area contributed by atoms with Crippen LogP contribution in [0.5, 0.6) is 23.0 Å². The van der Waals surface area contributed by atoms with Gasteiger partial charge in [-0.2, -0.15) is 0 Å². The fraction of sp³-hybridized carbons (Fsp3) is 0.463. The van der Waals surface area contributed by atoms with Crippen LogP contribution in [0.1, 0.15) is 120 Å². The van der Waals surface area contributed by atoms with Crippen LogP contribution in [0.15, 0.2) is 132 Å². The van der Waals surface area contributed by atoms with Gasteiger partial charge in [-0.3, -0.25) is 0 Å². The first-order valence-electron chi connectivity index (χ1n) is 29.9. The van der Waals surface area contributed by atoms with E-state index in [4.69, 9.17) is 72.6 Å². The van der Waals surface area contributed by atoms with Gasteiger partial charge in [0.25, 0.3) is 0 Å². The number of carboxylic acids is 1. The van der Waals surface area contributed by atoms with Gasteiger partial charge in [0.1, 0.15) is 58.5 Å². The lowest BCUT2D eigenvalue weighted by molar-refractivity contribution is -0.153. The van der Waals surface area contributed by atoms with E-state index in [2.05, 4.69) is 39.7 Å².